The normalized spacial score (nSPS) is 24.8. The van der Waals surface area contributed by atoms with Gasteiger partial charge in [0.05, 0.1) is 5.92 Å². The van der Waals surface area contributed by atoms with Gasteiger partial charge in [-0.15, -0.1) is 0 Å². The molecule has 0 radical (unpaired) electrons. The number of benzene rings is 1. The molecule has 6 rings (SSSR count). The molecule has 3 aliphatic rings. The summed E-state index contributed by atoms with van der Waals surface area (Å²) in [6, 6.07) is 8.24. The van der Waals surface area contributed by atoms with Crippen LogP contribution in [0.15, 0.2) is 36.5 Å². The average molecular weight is 551 g/mol. The zero-order chi connectivity index (χ0) is 27.8. The maximum absolute atomic E-state index is 14.0. The molecule has 2 aliphatic heterocycles. The molecule has 0 spiro atoms. The Balaban J connectivity index is 1.09. The van der Waals surface area contributed by atoms with Gasteiger partial charge in [0, 0.05) is 63.8 Å². The Labute approximate surface area is 235 Å². The molecule has 3 aromatic rings. The Hall–Kier alpha value is -3.07. The molecule has 7 nitrogen and oxygen atoms in total. The smallest absolute Gasteiger partial charge is 0.227 e. The second-order valence-corrected chi connectivity index (χ2v) is 12.3. The van der Waals surface area contributed by atoms with Gasteiger partial charge in [0.1, 0.15) is 5.82 Å². The largest absolute Gasteiger partial charge is 0.368 e. The molecule has 4 heterocycles. The molecule has 0 unspecified atom stereocenters. The number of carbonyl (C=O) groups excluding carboxylic acids is 1. The molecule has 2 aromatic heterocycles. The maximum Gasteiger partial charge on any atom is 0.227 e. The highest BCUT2D eigenvalue weighted by molar-refractivity contribution is 5.80. The van der Waals surface area contributed by atoms with Gasteiger partial charge in [-0.3, -0.25) is 4.79 Å². The lowest BCUT2D eigenvalue weighted by atomic mass is 9.69. The van der Waals surface area contributed by atoms with Crippen LogP contribution >= 0.6 is 0 Å². The fraction of sp³-hybridized carbons (Fsp3) is 0.581. The van der Waals surface area contributed by atoms with Crippen molar-refractivity contribution in [2.75, 3.05) is 50.7 Å². The van der Waals surface area contributed by atoms with E-state index in [9.17, 15) is 13.6 Å². The predicted octanol–water partition coefficient (Wildman–Crippen LogP) is 4.58. The van der Waals surface area contributed by atoms with E-state index in [1.807, 2.05) is 27.3 Å². The lowest BCUT2D eigenvalue weighted by molar-refractivity contribution is -0.142. The Morgan fingerprint density at radius 2 is 1.82 bits per heavy atom. The van der Waals surface area contributed by atoms with Gasteiger partial charge in [-0.1, -0.05) is 25.8 Å². The standard InChI is InChI=1S/C31H40F2N6O/c1-21(15-23-7-10-30-34-22(2)35-39(30)18-23)17-36-19-24-5-3-4-6-26(24)27(20-36)31(40)38-13-11-37(12-14-38)25-8-9-28(32)29(33)16-25/h7-10,16,18,21,24,26-27H,3-6,11-15,17,19-20H2,1-2H3/t21-,24+,26-,27+/m0/s1. The Bertz CT molecular complexity index is 1350. The number of aryl methyl sites for hydroxylation is 1. The third-order valence-electron chi connectivity index (χ3n) is 9.26. The van der Waals surface area contributed by atoms with Gasteiger partial charge in [0.25, 0.3) is 0 Å². The topological polar surface area (TPSA) is 57.0 Å². The number of rotatable bonds is 6. The summed E-state index contributed by atoms with van der Waals surface area (Å²) >= 11 is 0. The number of piperidine rings is 1. The molecular formula is C31H40F2N6O. The number of aromatic nitrogens is 3. The molecule has 1 saturated carbocycles. The first kappa shape index (κ1) is 27.1. The van der Waals surface area contributed by atoms with Crippen molar-refractivity contribution in [2.45, 2.75) is 46.0 Å². The number of carbonyl (C=O) groups is 1. The molecule has 1 aromatic carbocycles. The first-order valence-electron chi connectivity index (χ1n) is 14.9. The third kappa shape index (κ3) is 5.71. The fourth-order valence-corrected chi connectivity index (χ4v) is 7.39. The van der Waals surface area contributed by atoms with Crippen LogP contribution in [-0.4, -0.2) is 76.1 Å². The van der Waals surface area contributed by atoms with Crippen LogP contribution < -0.4 is 4.90 Å². The summed E-state index contributed by atoms with van der Waals surface area (Å²) < 4.78 is 29.0. The van der Waals surface area contributed by atoms with Crippen molar-refractivity contribution in [2.24, 2.45) is 23.7 Å². The molecule has 214 valence electrons. The van der Waals surface area contributed by atoms with E-state index in [-0.39, 0.29) is 11.8 Å². The Kier molecular flexibility index (Phi) is 7.75. The third-order valence-corrected chi connectivity index (χ3v) is 9.26. The monoisotopic (exact) mass is 550 g/mol. The summed E-state index contributed by atoms with van der Waals surface area (Å²) in [7, 11) is 0. The van der Waals surface area contributed by atoms with Crippen molar-refractivity contribution < 1.29 is 13.6 Å². The lowest BCUT2D eigenvalue weighted by Crippen LogP contribution is -2.57. The Morgan fingerprint density at radius 3 is 2.62 bits per heavy atom. The zero-order valence-electron chi connectivity index (χ0n) is 23.6. The first-order chi connectivity index (χ1) is 19.3. The number of nitrogens with zero attached hydrogens (tertiary/aromatic N) is 6. The molecule has 2 saturated heterocycles. The minimum atomic E-state index is -0.831. The number of piperazine rings is 1. The number of fused-ring (bicyclic) bond motifs is 2. The average Bonchev–Trinajstić information content (AvgIpc) is 3.33. The highest BCUT2D eigenvalue weighted by Gasteiger charge is 2.43. The van der Waals surface area contributed by atoms with Crippen LogP contribution in [0.25, 0.3) is 5.65 Å². The van der Waals surface area contributed by atoms with Gasteiger partial charge >= 0.3 is 0 Å². The molecule has 0 N–H and O–H groups in total. The summed E-state index contributed by atoms with van der Waals surface area (Å²) in [5.74, 6) is 0.949. The fourth-order valence-electron chi connectivity index (χ4n) is 7.39. The van der Waals surface area contributed by atoms with Crippen LogP contribution in [0.5, 0.6) is 0 Å². The molecule has 0 bridgehead atoms. The van der Waals surface area contributed by atoms with Crippen molar-refractivity contribution in [3.8, 4) is 0 Å². The SMILES string of the molecule is Cc1nc2ccc(C[C@H](C)CN3C[C@H]4CCCC[C@@H]4[C@H](C(=O)N4CCN(c5ccc(F)c(F)c5)CC4)C3)cn2n1. The van der Waals surface area contributed by atoms with Crippen molar-refractivity contribution in [1.82, 2.24) is 24.4 Å². The van der Waals surface area contributed by atoms with Crippen LogP contribution in [0.1, 0.15) is 44.0 Å². The minimum Gasteiger partial charge on any atom is -0.368 e. The van der Waals surface area contributed by atoms with Gasteiger partial charge in [0.2, 0.25) is 5.91 Å². The zero-order valence-corrected chi connectivity index (χ0v) is 23.6. The quantitative estimate of drug-likeness (QED) is 0.450. The van der Waals surface area contributed by atoms with Crippen molar-refractivity contribution >= 4 is 17.2 Å². The number of halogens is 2. The second-order valence-electron chi connectivity index (χ2n) is 12.3. The van der Waals surface area contributed by atoms with Gasteiger partial charge in [-0.25, -0.2) is 18.3 Å². The Morgan fingerprint density at radius 1 is 1.02 bits per heavy atom. The maximum atomic E-state index is 14.0. The summed E-state index contributed by atoms with van der Waals surface area (Å²) in [5.41, 5.74) is 2.80. The van der Waals surface area contributed by atoms with Crippen molar-refractivity contribution in [1.29, 1.82) is 0 Å². The van der Waals surface area contributed by atoms with Crippen molar-refractivity contribution in [3.05, 3.63) is 59.6 Å². The van der Waals surface area contributed by atoms with E-state index in [0.29, 0.717) is 49.6 Å². The van der Waals surface area contributed by atoms with Crippen LogP contribution in [-0.2, 0) is 11.2 Å². The van der Waals surface area contributed by atoms with Crippen LogP contribution in [0.2, 0.25) is 0 Å². The lowest BCUT2D eigenvalue weighted by Gasteiger charge is -2.48. The number of hydrogen-bond donors (Lipinski definition) is 0. The summed E-state index contributed by atoms with van der Waals surface area (Å²) in [6.45, 7) is 9.61. The highest BCUT2D eigenvalue weighted by Crippen LogP contribution is 2.40. The first-order valence-corrected chi connectivity index (χ1v) is 14.9. The van der Waals surface area contributed by atoms with E-state index < -0.39 is 11.6 Å². The number of amides is 1. The van der Waals surface area contributed by atoms with E-state index in [4.69, 9.17) is 0 Å². The molecule has 3 fully saturated rings. The van der Waals surface area contributed by atoms with Gasteiger partial charge < -0.3 is 14.7 Å². The number of hydrogen-bond acceptors (Lipinski definition) is 5. The van der Waals surface area contributed by atoms with Gasteiger partial charge in [0.15, 0.2) is 17.3 Å². The van der Waals surface area contributed by atoms with Crippen LogP contribution in [0.4, 0.5) is 14.5 Å². The van der Waals surface area contributed by atoms with Crippen LogP contribution in [0, 0.1) is 42.2 Å². The predicted molar refractivity (Wildman–Crippen MR) is 151 cm³/mol. The van der Waals surface area contributed by atoms with Gasteiger partial charge in [-0.2, -0.15) is 5.10 Å². The number of anilines is 1. The van der Waals surface area contributed by atoms with E-state index in [1.165, 1.54) is 37.0 Å². The van der Waals surface area contributed by atoms with Crippen LogP contribution in [0.3, 0.4) is 0 Å². The van der Waals surface area contributed by atoms with E-state index in [0.717, 1.165) is 43.9 Å². The molecule has 4 atom stereocenters. The summed E-state index contributed by atoms with van der Waals surface area (Å²) in [4.78, 5) is 25.0. The molecule has 1 amide bonds. The second kappa shape index (κ2) is 11.4. The minimum absolute atomic E-state index is 0.0375. The summed E-state index contributed by atoms with van der Waals surface area (Å²) in [5, 5.41) is 4.46. The molecule has 9 heteroatoms. The summed E-state index contributed by atoms with van der Waals surface area (Å²) in [6.07, 6.45) is 7.89. The molecule has 1 aliphatic carbocycles. The molecule has 40 heavy (non-hydrogen) atoms. The number of pyridine rings is 1. The van der Waals surface area contributed by atoms with Crippen molar-refractivity contribution in [3.63, 3.8) is 0 Å². The van der Waals surface area contributed by atoms with E-state index in [1.54, 1.807) is 6.07 Å². The van der Waals surface area contributed by atoms with E-state index in [2.05, 4.69) is 34.2 Å². The molecular weight excluding hydrogens is 510 g/mol. The highest BCUT2D eigenvalue weighted by atomic mass is 19.2. The number of likely N-dealkylation sites (tertiary alicyclic amines) is 1. The van der Waals surface area contributed by atoms with Gasteiger partial charge in [-0.05, 0) is 67.7 Å². The van der Waals surface area contributed by atoms with E-state index >= 15 is 0 Å².